The summed E-state index contributed by atoms with van der Waals surface area (Å²) < 4.78 is 5.35. The molecule has 4 heteroatoms. The first-order valence-corrected chi connectivity index (χ1v) is 6.22. The van der Waals surface area contributed by atoms with Crippen molar-refractivity contribution in [1.29, 1.82) is 0 Å². The van der Waals surface area contributed by atoms with Crippen LogP contribution in [0.15, 0.2) is 22.6 Å². The van der Waals surface area contributed by atoms with Gasteiger partial charge >= 0.3 is 0 Å². The van der Waals surface area contributed by atoms with Crippen LogP contribution in [-0.2, 0) is 4.79 Å². The number of carbonyl (C=O) groups is 1. The van der Waals surface area contributed by atoms with Gasteiger partial charge in [0, 0.05) is 19.7 Å². The van der Waals surface area contributed by atoms with Gasteiger partial charge in [0.2, 0.25) is 5.91 Å². The van der Waals surface area contributed by atoms with Crippen molar-refractivity contribution in [2.45, 2.75) is 25.9 Å². The number of rotatable bonds is 4. The largest absolute Gasteiger partial charge is 0.462 e. The molecule has 1 aromatic heterocycles. The molecule has 0 spiro atoms. The smallest absolute Gasteiger partial charge is 0.246 e. The maximum atomic E-state index is 11.8. The van der Waals surface area contributed by atoms with Gasteiger partial charge in [0.15, 0.2) is 0 Å². The van der Waals surface area contributed by atoms with Crippen LogP contribution < -0.4 is 0 Å². The number of amides is 1. The van der Waals surface area contributed by atoms with Crippen molar-refractivity contribution in [3.8, 4) is 0 Å². The summed E-state index contributed by atoms with van der Waals surface area (Å²) in [5, 5.41) is 9.19. The van der Waals surface area contributed by atoms with Gasteiger partial charge in [0.25, 0.3) is 0 Å². The van der Waals surface area contributed by atoms with Gasteiger partial charge in [0.05, 0.1) is 6.10 Å². The highest BCUT2D eigenvalue weighted by Gasteiger charge is 2.28. The van der Waals surface area contributed by atoms with Crippen LogP contribution in [0.3, 0.4) is 0 Å². The van der Waals surface area contributed by atoms with Crippen LogP contribution in [0.25, 0.3) is 6.08 Å². The van der Waals surface area contributed by atoms with Gasteiger partial charge in [-0.2, -0.15) is 0 Å². The molecule has 1 aliphatic rings. The van der Waals surface area contributed by atoms with Crippen LogP contribution >= 0.6 is 0 Å². The molecule has 0 aromatic carbocycles. The third kappa shape index (κ3) is 3.23. The van der Waals surface area contributed by atoms with E-state index < -0.39 is 0 Å². The zero-order valence-electron chi connectivity index (χ0n) is 10.8. The normalized spacial score (nSPS) is 23.1. The molecule has 0 radical (unpaired) electrons. The van der Waals surface area contributed by atoms with Crippen LogP contribution in [0.1, 0.15) is 24.4 Å². The lowest BCUT2D eigenvalue weighted by molar-refractivity contribution is -0.126. The number of aliphatic hydroxyl groups excluding tert-OH is 1. The predicted molar refractivity (Wildman–Crippen MR) is 68.8 cm³/mol. The monoisotopic (exact) mass is 249 g/mol. The Labute approximate surface area is 107 Å². The Kier molecular flexibility index (Phi) is 3.87. The molecule has 1 amide bonds. The van der Waals surface area contributed by atoms with Crippen molar-refractivity contribution in [1.82, 2.24) is 4.90 Å². The minimum atomic E-state index is -0.167. The summed E-state index contributed by atoms with van der Waals surface area (Å²) in [5.74, 6) is 1.92. The summed E-state index contributed by atoms with van der Waals surface area (Å²) >= 11 is 0. The van der Waals surface area contributed by atoms with E-state index in [-0.39, 0.29) is 12.0 Å². The van der Waals surface area contributed by atoms with Crippen molar-refractivity contribution < 1.29 is 14.3 Å². The second-order valence-electron chi connectivity index (χ2n) is 4.99. The molecule has 0 aliphatic heterocycles. The number of carbonyl (C=O) groups excluding carboxylic acids is 1. The highest BCUT2D eigenvalue weighted by Crippen LogP contribution is 2.27. The zero-order valence-corrected chi connectivity index (χ0v) is 10.8. The van der Waals surface area contributed by atoms with E-state index in [1.54, 1.807) is 18.0 Å². The summed E-state index contributed by atoms with van der Waals surface area (Å²) in [6, 6.07) is 3.70. The summed E-state index contributed by atoms with van der Waals surface area (Å²) in [7, 11) is 1.78. The van der Waals surface area contributed by atoms with Gasteiger partial charge in [0.1, 0.15) is 11.5 Å². The van der Waals surface area contributed by atoms with Gasteiger partial charge in [-0.1, -0.05) is 0 Å². The van der Waals surface area contributed by atoms with E-state index in [2.05, 4.69) is 0 Å². The maximum absolute atomic E-state index is 11.8. The average molecular weight is 249 g/mol. The van der Waals surface area contributed by atoms with E-state index in [1.165, 1.54) is 6.08 Å². The SMILES string of the molecule is Cc1ccc(C=CC(=O)N(C)CC2CC(O)C2)o1. The molecule has 0 unspecified atom stereocenters. The molecule has 2 rings (SSSR count). The first kappa shape index (κ1) is 12.9. The molecule has 1 heterocycles. The molecule has 1 saturated carbocycles. The Balaban J connectivity index is 1.81. The fraction of sp³-hybridized carbons (Fsp3) is 0.500. The summed E-state index contributed by atoms with van der Waals surface area (Å²) in [6.07, 6.45) is 4.65. The predicted octanol–water partition coefficient (Wildman–Crippen LogP) is 1.83. The summed E-state index contributed by atoms with van der Waals surface area (Å²) in [4.78, 5) is 13.5. The molecule has 1 fully saturated rings. The van der Waals surface area contributed by atoms with E-state index in [0.717, 1.165) is 18.6 Å². The lowest BCUT2D eigenvalue weighted by Gasteiger charge is -2.34. The number of likely N-dealkylation sites (N-methyl/N-ethyl adjacent to an activating group) is 1. The first-order valence-electron chi connectivity index (χ1n) is 6.22. The standard InChI is InChI=1S/C14H19NO3/c1-10-3-4-13(18-10)5-6-14(17)15(2)9-11-7-12(16)8-11/h3-6,11-12,16H,7-9H2,1-2H3. The average Bonchev–Trinajstić information content (AvgIpc) is 2.69. The van der Waals surface area contributed by atoms with Crippen LogP contribution in [0.2, 0.25) is 0 Å². The fourth-order valence-corrected chi connectivity index (χ4v) is 2.15. The maximum Gasteiger partial charge on any atom is 0.246 e. The van der Waals surface area contributed by atoms with Crippen molar-refractivity contribution in [2.75, 3.05) is 13.6 Å². The Hall–Kier alpha value is -1.55. The van der Waals surface area contributed by atoms with Crippen molar-refractivity contribution in [3.05, 3.63) is 29.7 Å². The zero-order chi connectivity index (χ0) is 13.1. The molecule has 4 nitrogen and oxygen atoms in total. The van der Waals surface area contributed by atoms with Crippen LogP contribution in [0.5, 0.6) is 0 Å². The van der Waals surface area contributed by atoms with Gasteiger partial charge in [-0.05, 0) is 43.9 Å². The topological polar surface area (TPSA) is 53.7 Å². The lowest BCUT2D eigenvalue weighted by Crippen LogP contribution is -2.38. The van der Waals surface area contributed by atoms with E-state index in [4.69, 9.17) is 4.42 Å². The second-order valence-corrected chi connectivity index (χ2v) is 4.99. The molecule has 1 aliphatic carbocycles. The molecule has 18 heavy (non-hydrogen) atoms. The number of aryl methyl sites for hydroxylation is 1. The number of furan rings is 1. The van der Waals surface area contributed by atoms with E-state index >= 15 is 0 Å². The molecule has 0 saturated heterocycles. The van der Waals surface area contributed by atoms with Gasteiger partial charge < -0.3 is 14.4 Å². The van der Waals surface area contributed by atoms with Crippen LogP contribution in [0.4, 0.5) is 0 Å². The third-order valence-corrected chi connectivity index (χ3v) is 3.27. The third-order valence-electron chi connectivity index (χ3n) is 3.27. The lowest BCUT2D eigenvalue weighted by atomic mass is 9.82. The minimum Gasteiger partial charge on any atom is -0.462 e. The molecule has 0 atom stereocenters. The molecule has 1 aromatic rings. The highest BCUT2D eigenvalue weighted by molar-refractivity contribution is 5.91. The van der Waals surface area contributed by atoms with E-state index in [0.29, 0.717) is 18.2 Å². The summed E-state index contributed by atoms with van der Waals surface area (Å²) in [5.41, 5.74) is 0. The molecule has 0 bridgehead atoms. The molecule has 1 N–H and O–H groups in total. The first-order chi connectivity index (χ1) is 8.54. The molecule has 98 valence electrons. The number of hydrogen-bond acceptors (Lipinski definition) is 3. The van der Waals surface area contributed by atoms with E-state index in [9.17, 15) is 9.90 Å². The number of hydrogen-bond donors (Lipinski definition) is 1. The summed E-state index contributed by atoms with van der Waals surface area (Å²) in [6.45, 7) is 2.57. The quantitative estimate of drug-likeness (QED) is 0.828. The van der Waals surface area contributed by atoms with Crippen molar-refractivity contribution >= 4 is 12.0 Å². The van der Waals surface area contributed by atoms with Crippen LogP contribution in [0, 0.1) is 12.8 Å². The Bertz CT molecular complexity index is 444. The number of aliphatic hydroxyl groups is 1. The highest BCUT2D eigenvalue weighted by atomic mass is 16.3. The van der Waals surface area contributed by atoms with Gasteiger partial charge in [-0.15, -0.1) is 0 Å². The molecular formula is C14H19NO3. The fourth-order valence-electron chi connectivity index (χ4n) is 2.15. The van der Waals surface area contributed by atoms with Crippen molar-refractivity contribution in [3.63, 3.8) is 0 Å². The Morgan fingerprint density at radius 1 is 1.56 bits per heavy atom. The Morgan fingerprint density at radius 3 is 2.83 bits per heavy atom. The van der Waals surface area contributed by atoms with Crippen LogP contribution in [-0.4, -0.2) is 35.6 Å². The second kappa shape index (κ2) is 5.40. The Morgan fingerprint density at radius 2 is 2.28 bits per heavy atom. The van der Waals surface area contributed by atoms with Gasteiger partial charge in [-0.3, -0.25) is 4.79 Å². The van der Waals surface area contributed by atoms with Gasteiger partial charge in [-0.25, -0.2) is 0 Å². The number of nitrogens with zero attached hydrogens (tertiary/aromatic N) is 1. The minimum absolute atomic E-state index is 0.0366. The van der Waals surface area contributed by atoms with Crippen molar-refractivity contribution in [2.24, 2.45) is 5.92 Å². The van der Waals surface area contributed by atoms with E-state index in [1.807, 2.05) is 19.1 Å². The molecular weight excluding hydrogens is 230 g/mol.